The SMILES string of the molecule is CCN(Cc1ccccc1C)S(=O)(=O)c1cc(C(=O)O)n(CC)c1. The van der Waals surface area contributed by atoms with Gasteiger partial charge < -0.3 is 9.67 Å². The Bertz CT molecular complexity index is 840. The lowest BCUT2D eigenvalue weighted by Crippen LogP contribution is -2.30. The van der Waals surface area contributed by atoms with E-state index in [1.165, 1.54) is 21.1 Å². The van der Waals surface area contributed by atoms with E-state index in [1.54, 1.807) is 13.8 Å². The van der Waals surface area contributed by atoms with E-state index in [9.17, 15) is 18.3 Å². The van der Waals surface area contributed by atoms with Crippen molar-refractivity contribution in [2.45, 2.75) is 38.8 Å². The summed E-state index contributed by atoms with van der Waals surface area (Å²) < 4.78 is 28.6. The van der Waals surface area contributed by atoms with E-state index in [1.807, 2.05) is 31.2 Å². The highest BCUT2D eigenvalue weighted by Gasteiger charge is 2.27. The van der Waals surface area contributed by atoms with Crippen molar-refractivity contribution in [2.24, 2.45) is 0 Å². The van der Waals surface area contributed by atoms with Crippen LogP contribution >= 0.6 is 0 Å². The van der Waals surface area contributed by atoms with E-state index < -0.39 is 16.0 Å². The summed E-state index contributed by atoms with van der Waals surface area (Å²) in [5, 5.41) is 9.21. The van der Waals surface area contributed by atoms with E-state index >= 15 is 0 Å². The Balaban J connectivity index is 2.40. The first-order valence-electron chi connectivity index (χ1n) is 7.79. The first-order chi connectivity index (χ1) is 11.3. The number of sulfonamides is 1. The fraction of sp³-hybridized carbons (Fsp3) is 0.353. The highest BCUT2D eigenvalue weighted by atomic mass is 32.2. The molecule has 0 saturated carbocycles. The Morgan fingerprint density at radius 3 is 2.42 bits per heavy atom. The Morgan fingerprint density at radius 2 is 1.92 bits per heavy atom. The predicted octanol–water partition coefficient (Wildman–Crippen LogP) is 2.73. The van der Waals surface area contributed by atoms with Crippen LogP contribution in [0.4, 0.5) is 0 Å². The normalized spacial score (nSPS) is 11.8. The minimum atomic E-state index is -3.76. The number of hydrogen-bond donors (Lipinski definition) is 1. The van der Waals surface area contributed by atoms with Crippen LogP contribution in [0.25, 0.3) is 0 Å². The summed E-state index contributed by atoms with van der Waals surface area (Å²) in [6.45, 7) is 6.42. The van der Waals surface area contributed by atoms with Gasteiger partial charge >= 0.3 is 5.97 Å². The van der Waals surface area contributed by atoms with Crippen LogP contribution < -0.4 is 0 Å². The molecule has 2 aromatic rings. The van der Waals surface area contributed by atoms with Crippen molar-refractivity contribution in [3.8, 4) is 0 Å². The predicted molar refractivity (Wildman–Crippen MR) is 91.5 cm³/mol. The number of carboxylic acid groups (broad SMARTS) is 1. The Kier molecular flexibility index (Phi) is 5.46. The first-order valence-corrected chi connectivity index (χ1v) is 9.23. The third-order valence-corrected chi connectivity index (χ3v) is 5.92. The molecule has 7 heteroatoms. The van der Waals surface area contributed by atoms with Gasteiger partial charge in [0.2, 0.25) is 10.0 Å². The number of carboxylic acids is 1. The maximum atomic E-state index is 12.9. The molecule has 130 valence electrons. The van der Waals surface area contributed by atoms with E-state index in [0.717, 1.165) is 11.1 Å². The highest BCUT2D eigenvalue weighted by Crippen LogP contribution is 2.22. The van der Waals surface area contributed by atoms with Gasteiger partial charge in [-0.2, -0.15) is 4.31 Å². The fourth-order valence-electron chi connectivity index (χ4n) is 2.56. The van der Waals surface area contributed by atoms with E-state index in [-0.39, 0.29) is 17.1 Å². The van der Waals surface area contributed by atoms with E-state index in [4.69, 9.17) is 0 Å². The molecule has 0 amide bonds. The zero-order valence-electron chi connectivity index (χ0n) is 14.1. The molecule has 0 saturated heterocycles. The Hall–Kier alpha value is -2.12. The van der Waals surface area contributed by atoms with Gasteiger partial charge in [-0.25, -0.2) is 13.2 Å². The minimum Gasteiger partial charge on any atom is -0.477 e. The summed E-state index contributed by atoms with van der Waals surface area (Å²) in [4.78, 5) is 11.3. The monoisotopic (exact) mass is 350 g/mol. The second kappa shape index (κ2) is 7.19. The number of aromatic nitrogens is 1. The number of nitrogens with zero attached hydrogens (tertiary/aromatic N) is 2. The van der Waals surface area contributed by atoms with Crippen LogP contribution in [-0.2, 0) is 23.1 Å². The molecule has 1 aromatic heterocycles. The van der Waals surface area contributed by atoms with Crippen molar-refractivity contribution in [1.82, 2.24) is 8.87 Å². The molecule has 0 atom stereocenters. The van der Waals surface area contributed by atoms with Crippen molar-refractivity contribution in [3.05, 3.63) is 53.3 Å². The fourth-order valence-corrected chi connectivity index (χ4v) is 4.03. The summed E-state index contributed by atoms with van der Waals surface area (Å²) in [7, 11) is -3.76. The van der Waals surface area contributed by atoms with E-state index in [2.05, 4.69) is 0 Å². The average Bonchev–Trinajstić information content (AvgIpc) is 2.99. The van der Waals surface area contributed by atoms with Crippen LogP contribution in [0.5, 0.6) is 0 Å². The molecule has 0 bridgehead atoms. The number of benzene rings is 1. The zero-order valence-corrected chi connectivity index (χ0v) is 14.9. The molecule has 0 unspecified atom stereocenters. The topological polar surface area (TPSA) is 79.6 Å². The molecule has 0 radical (unpaired) electrons. The number of carbonyl (C=O) groups is 1. The number of hydrogen-bond acceptors (Lipinski definition) is 3. The molecule has 6 nitrogen and oxygen atoms in total. The molecule has 1 heterocycles. The van der Waals surface area contributed by atoms with Crippen LogP contribution in [0.1, 0.15) is 35.5 Å². The van der Waals surface area contributed by atoms with Crippen molar-refractivity contribution < 1.29 is 18.3 Å². The van der Waals surface area contributed by atoms with Crippen molar-refractivity contribution in [1.29, 1.82) is 0 Å². The summed E-state index contributed by atoms with van der Waals surface area (Å²) >= 11 is 0. The smallest absolute Gasteiger partial charge is 0.352 e. The van der Waals surface area contributed by atoms with Gasteiger partial charge in [0, 0.05) is 25.8 Å². The first kappa shape index (κ1) is 18.2. The van der Waals surface area contributed by atoms with E-state index in [0.29, 0.717) is 13.1 Å². The number of rotatable bonds is 7. The van der Waals surface area contributed by atoms with Crippen molar-refractivity contribution in [2.75, 3.05) is 6.54 Å². The standard InChI is InChI=1S/C17H22N2O4S/c1-4-18-12-15(10-16(18)17(20)21)24(22,23)19(5-2)11-14-9-7-6-8-13(14)3/h6-10,12H,4-5,11H2,1-3H3,(H,20,21). The van der Waals surface area contributed by atoms with Gasteiger partial charge in [0.15, 0.2) is 0 Å². The van der Waals surface area contributed by atoms with Gasteiger partial charge in [-0.05, 0) is 31.0 Å². The van der Waals surface area contributed by atoms with Gasteiger partial charge in [0.1, 0.15) is 10.6 Å². The van der Waals surface area contributed by atoms with Crippen LogP contribution in [0.15, 0.2) is 41.4 Å². The number of aryl methyl sites for hydroxylation is 2. The highest BCUT2D eigenvalue weighted by molar-refractivity contribution is 7.89. The summed E-state index contributed by atoms with van der Waals surface area (Å²) in [6, 6.07) is 8.84. The minimum absolute atomic E-state index is 0.0113. The molecular weight excluding hydrogens is 328 g/mol. The molecular formula is C17H22N2O4S. The largest absolute Gasteiger partial charge is 0.477 e. The third-order valence-electron chi connectivity index (χ3n) is 4.03. The average molecular weight is 350 g/mol. The second-order valence-corrected chi connectivity index (χ2v) is 7.45. The van der Waals surface area contributed by atoms with Crippen LogP contribution in [-0.4, -0.2) is 34.9 Å². The quantitative estimate of drug-likeness (QED) is 0.833. The van der Waals surface area contributed by atoms with Crippen LogP contribution in [0.3, 0.4) is 0 Å². The molecule has 2 rings (SSSR count). The lowest BCUT2D eigenvalue weighted by atomic mass is 10.1. The summed E-state index contributed by atoms with van der Waals surface area (Å²) in [5.41, 5.74) is 1.92. The lowest BCUT2D eigenvalue weighted by molar-refractivity contribution is 0.0685. The second-order valence-electron chi connectivity index (χ2n) is 5.51. The molecule has 0 aliphatic carbocycles. The van der Waals surface area contributed by atoms with Gasteiger partial charge in [-0.3, -0.25) is 0 Å². The lowest BCUT2D eigenvalue weighted by Gasteiger charge is -2.20. The van der Waals surface area contributed by atoms with Crippen LogP contribution in [0.2, 0.25) is 0 Å². The number of aromatic carboxylic acids is 1. The zero-order chi connectivity index (χ0) is 17.9. The Labute approximate surface area is 142 Å². The molecule has 0 aliphatic heterocycles. The van der Waals surface area contributed by atoms with Crippen LogP contribution in [0, 0.1) is 6.92 Å². The molecule has 0 spiro atoms. The van der Waals surface area contributed by atoms with Gasteiger partial charge in [0.05, 0.1) is 0 Å². The molecule has 24 heavy (non-hydrogen) atoms. The van der Waals surface area contributed by atoms with Crippen molar-refractivity contribution in [3.63, 3.8) is 0 Å². The van der Waals surface area contributed by atoms with Gasteiger partial charge in [0.25, 0.3) is 0 Å². The molecule has 0 aliphatic rings. The summed E-state index contributed by atoms with van der Waals surface area (Å²) in [6.07, 6.45) is 1.39. The third kappa shape index (κ3) is 3.52. The molecule has 0 fully saturated rings. The maximum Gasteiger partial charge on any atom is 0.352 e. The Morgan fingerprint density at radius 1 is 1.25 bits per heavy atom. The van der Waals surface area contributed by atoms with Gasteiger partial charge in [-0.15, -0.1) is 0 Å². The van der Waals surface area contributed by atoms with Gasteiger partial charge in [-0.1, -0.05) is 31.2 Å². The molecule has 1 aromatic carbocycles. The molecule has 1 N–H and O–H groups in total. The maximum absolute atomic E-state index is 12.9. The summed E-state index contributed by atoms with van der Waals surface area (Å²) in [5.74, 6) is -1.14. The van der Waals surface area contributed by atoms with Crippen molar-refractivity contribution >= 4 is 16.0 Å².